The molecule has 2 aromatic rings. The molecule has 2 atom stereocenters. The summed E-state index contributed by atoms with van der Waals surface area (Å²) in [6.07, 6.45) is 8.03. The van der Waals surface area contributed by atoms with Crippen LogP contribution in [0.3, 0.4) is 0 Å². The molecular weight excluding hydrogens is 328 g/mol. The maximum atomic E-state index is 13.0. The molecule has 0 unspecified atom stereocenters. The first-order chi connectivity index (χ1) is 12.6. The van der Waals surface area contributed by atoms with Gasteiger partial charge < -0.3 is 4.98 Å². The molecule has 0 radical (unpaired) electrons. The molecule has 140 valence electrons. The van der Waals surface area contributed by atoms with Gasteiger partial charge in [-0.05, 0) is 62.7 Å². The van der Waals surface area contributed by atoms with E-state index < -0.39 is 0 Å². The standard InChI is InChI=1S/C20H28N4O2/c1-3-5-23-16-15(17(25)24(6-4-2)19(23)26)21-18(22-16)20-10-12-7-13(11-20)9-14(20)8-12/h12-14H,3-11H2,1-2H3,(H,21,22)/t12-,13-,14?,20?/m1/s1. The van der Waals surface area contributed by atoms with Gasteiger partial charge in [-0.1, -0.05) is 13.8 Å². The van der Waals surface area contributed by atoms with Gasteiger partial charge in [0.25, 0.3) is 5.56 Å². The molecule has 26 heavy (non-hydrogen) atoms. The second kappa shape index (κ2) is 5.57. The summed E-state index contributed by atoms with van der Waals surface area (Å²) in [4.78, 5) is 34.2. The first-order valence-corrected chi connectivity index (χ1v) is 10.3. The molecule has 6 rings (SSSR count). The Hall–Kier alpha value is -1.85. The lowest BCUT2D eigenvalue weighted by Gasteiger charge is -2.30. The summed E-state index contributed by atoms with van der Waals surface area (Å²) < 4.78 is 3.10. The SMILES string of the molecule is CCCn1c(=O)c2[nH]c(C34C[C@H]5CC3C[C@@H](C5)C4)nc2n(CCC)c1=O. The molecule has 0 spiro atoms. The van der Waals surface area contributed by atoms with Gasteiger partial charge in [-0.3, -0.25) is 13.9 Å². The topological polar surface area (TPSA) is 72.7 Å². The minimum Gasteiger partial charge on any atom is -0.336 e. The Morgan fingerprint density at radius 3 is 2.35 bits per heavy atom. The van der Waals surface area contributed by atoms with Gasteiger partial charge in [0.2, 0.25) is 0 Å². The Kier molecular flexibility index (Phi) is 3.50. The molecule has 4 saturated carbocycles. The third-order valence-corrected chi connectivity index (χ3v) is 7.22. The maximum absolute atomic E-state index is 13.0. The summed E-state index contributed by atoms with van der Waals surface area (Å²) in [7, 11) is 0. The average molecular weight is 356 g/mol. The molecule has 0 saturated heterocycles. The van der Waals surface area contributed by atoms with Crippen LogP contribution in [0, 0.1) is 17.8 Å². The molecule has 0 aromatic carbocycles. The van der Waals surface area contributed by atoms with Crippen molar-refractivity contribution in [2.45, 2.75) is 77.3 Å². The van der Waals surface area contributed by atoms with Crippen molar-refractivity contribution < 1.29 is 0 Å². The number of nitrogens with one attached hydrogen (secondary N) is 1. The first-order valence-electron chi connectivity index (χ1n) is 10.3. The number of H-pyrrole nitrogens is 1. The zero-order valence-electron chi connectivity index (χ0n) is 15.8. The minimum atomic E-state index is -0.209. The zero-order valence-corrected chi connectivity index (χ0v) is 15.8. The second-order valence-electron chi connectivity index (χ2n) is 8.88. The fourth-order valence-electron chi connectivity index (χ4n) is 6.43. The number of aryl methyl sites for hydroxylation is 1. The number of hydrogen-bond donors (Lipinski definition) is 1. The van der Waals surface area contributed by atoms with E-state index in [0.29, 0.717) is 30.2 Å². The molecular formula is C20H28N4O2. The molecule has 0 aliphatic heterocycles. The lowest BCUT2D eigenvalue weighted by Crippen LogP contribution is -2.40. The van der Waals surface area contributed by atoms with Crippen LogP contribution in [0.2, 0.25) is 0 Å². The summed E-state index contributed by atoms with van der Waals surface area (Å²) in [5, 5.41) is 0. The van der Waals surface area contributed by atoms with Crippen LogP contribution in [0.5, 0.6) is 0 Å². The van der Waals surface area contributed by atoms with Crippen molar-refractivity contribution in [2.75, 3.05) is 0 Å². The molecule has 6 heteroatoms. The number of aromatic nitrogens is 4. The fraction of sp³-hybridized carbons (Fsp3) is 0.750. The van der Waals surface area contributed by atoms with E-state index in [1.807, 2.05) is 6.92 Å². The molecule has 2 aromatic heterocycles. The Morgan fingerprint density at radius 1 is 1.04 bits per heavy atom. The van der Waals surface area contributed by atoms with Crippen molar-refractivity contribution in [2.24, 2.45) is 17.8 Å². The van der Waals surface area contributed by atoms with Gasteiger partial charge in [0.05, 0.1) is 0 Å². The van der Waals surface area contributed by atoms with E-state index in [4.69, 9.17) is 4.98 Å². The van der Waals surface area contributed by atoms with Gasteiger partial charge in [0.1, 0.15) is 11.3 Å². The van der Waals surface area contributed by atoms with Crippen molar-refractivity contribution in [3.05, 3.63) is 26.7 Å². The normalized spacial score (nSPS) is 32.2. The van der Waals surface area contributed by atoms with E-state index in [1.54, 1.807) is 4.57 Å². The first kappa shape index (κ1) is 16.3. The Morgan fingerprint density at radius 2 is 1.69 bits per heavy atom. The largest absolute Gasteiger partial charge is 0.336 e. The van der Waals surface area contributed by atoms with E-state index in [9.17, 15) is 9.59 Å². The van der Waals surface area contributed by atoms with Crippen LogP contribution in [0.1, 0.15) is 64.6 Å². The average Bonchev–Trinajstić information content (AvgIpc) is 3.24. The number of rotatable bonds is 5. The van der Waals surface area contributed by atoms with Crippen LogP contribution in [-0.2, 0) is 18.5 Å². The number of hydrogen-bond acceptors (Lipinski definition) is 3. The van der Waals surface area contributed by atoms with Gasteiger partial charge >= 0.3 is 5.69 Å². The lowest BCUT2D eigenvalue weighted by atomic mass is 9.75. The van der Waals surface area contributed by atoms with E-state index in [-0.39, 0.29) is 16.7 Å². The summed E-state index contributed by atoms with van der Waals surface area (Å²) in [5.41, 5.74) is 0.819. The third kappa shape index (κ3) is 2.01. The van der Waals surface area contributed by atoms with Gasteiger partial charge in [-0.25, -0.2) is 9.78 Å². The van der Waals surface area contributed by atoms with E-state index in [0.717, 1.165) is 30.5 Å². The predicted molar refractivity (Wildman–Crippen MR) is 100 cm³/mol. The van der Waals surface area contributed by atoms with Crippen LogP contribution in [0.4, 0.5) is 0 Å². The van der Waals surface area contributed by atoms with Crippen LogP contribution in [0.25, 0.3) is 11.2 Å². The second-order valence-corrected chi connectivity index (χ2v) is 8.88. The predicted octanol–water partition coefficient (Wildman–Crippen LogP) is 2.78. The molecule has 2 heterocycles. The Bertz CT molecular complexity index is 968. The molecule has 4 fully saturated rings. The molecule has 4 aliphatic rings. The van der Waals surface area contributed by atoms with Crippen molar-refractivity contribution in [1.29, 1.82) is 0 Å². The highest BCUT2D eigenvalue weighted by molar-refractivity contribution is 5.70. The van der Waals surface area contributed by atoms with Gasteiger partial charge in [-0.15, -0.1) is 0 Å². The molecule has 4 bridgehead atoms. The minimum absolute atomic E-state index is 0.127. The van der Waals surface area contributed by atoms with Crippen molar-refractivity contribution in [1.82, 2.24) is 19.1 Å². The highest BCUT2D eigenvalue weighted by Gasteiger charge is 2.59. The molecule has 0 amide bonds. The van der Waals surface area contributed by atoms with Gasteiger partial charge in [0.15, 0.2) is 5.65 Å². The van der Waals surface area contributed by atoms with Gasteiger partial charge in [-0.2, -0.15) is 0 Å². The summed E-state index contributed by atoms with van der Waals surface area (Å²) in [5.74, 6) is 3.35. The Labute approximate surface area is 152 Å². The summed E-state index contributed by atoms with van der Waals surface area (Å²) >= 11 is 0. The lowest BCUT2D eigenvalue weighted by molar-refractivity contribution is 0.262. The maximum Gasteiger partial charge on any atom is 0.332 e. The highest BCUT2D eigenvalue weighted by atomic mass is 16.2. The molecule has 1 N–H and O–H groups in total. The van der Waals surface area contributed by atoms with E-state index in [2.05, 4.69) is 11.9 Å². The van der Waals surface area contributed by atoms with Crippen molar-refractivity contribution in [3.8, 4) is 0 Å². The van der Waals surface area contributed by atoms with Crippen molar-refractivity contribution in [3.63, 3.8) is 0 Å². The van der Waals surface area contributed by atoms with Crippen LogP contribution in [0.15, 0.2) is 9.59 Å². The Balaban J connectivity index is 1.73. The summed E-state index contributed by atoms with van der Waals surface area (Å²) in [6.45, 7) is 5.11. The van der Waals surface area contributed by atoms with Crippen molar-refractivity contribution >= 4 is 11.2 Å². The van der Waals surface area contributed by atoms with E-state index >= 15 is 0 Å². The van der Waals surface area contributed by atoms with Crippen LogP contribution >= 0.6 is 0 Å². The van der Waals surface area contributed by atoms with Gasteiger partial charge in [0, 0.05) is 18.5 Å². The smallest absolute Gasteiger partial charge is 0.332 e. The number of fused-ring (bicyclic) bond motifs is 1. The number of aromatic amines is 1. The summed E-state index contributed by atoms with van der Waals surface area (Å²) in [6, 6.07) is 0. The monoisotopic (exact) mass is 356 g/mol. The molecule has 6 nitrogen and oxygen atoms in total. The zero-order chi connectivity index (χ0) is 18.1. The van der Waals surface area contributed by atoms with Crippen LogP contribution in [-0.4, -0.2) is 19.1 Å². The quantitative estimate of drug-likeness (QED) is 0.895. The highest BCUT2D eigenvalue weighted by Crippen LogP contribution is 2.65. The third-order valence-electron chi connectivity index (χ3n) is 7.22. The van der Waals surface area contributed by atoms with Crippen LogP contribution < -0.4 is 11.2 Å². The molecule has 4 aliphatic carbocycles. The number of nitrogens with zero attached hydrogens (tertiary/aromatic N) is 3. The fourth-order valence-corrected chi connectivity index (χ4v) is 6.43. The number of imidazole rings is 1. The van der Waals surface area contributed by atoms with E-state index in [1.165, 1.54) is 36.7 Å².